The second-order valence-corrected chi connectivity index (χ2v) is 3.57. The van der Waals surface area contributed by atoms with E-state index in [2.05, 4.69) is 10.2 Å². The molecule has 1 aromatic carbocycles. The van der Waals surface area contributed by atoms with Crippen molar-refractivity contribution in [3.63, 3.8) is 0 Å². The number of nitrogens with zero attached hydrogens (tertiary/aromatic N) is 2. The summed E-state index contributed by atoms with van der Waals surface area (Å²) in [4.78, 5) is 10.9. The van der Waals surface area contributed by atoms with E-state index in [1.165, 1.54) is 24.4 Å². The predicted octanol–water partition coefficient (Wildman–Crippen LogP) is 2.41. The van der Waals surface area contributed by atoms with Gasteiger partial charge in [0.05, 0.1) is 6.20 Å². The first-order chi connectivity index (χ1) is 8.58. The number of hydrogen-bond acceptors (Lipinski definition) is 4. The summed E-state index contributed by atoms with van der Waals surface area (Å²) < 4.78 is 18.4. The Balaban J connectivity index is 2.40. The lowest BCUT2D eigenvalue weighted by Gasteiger charge is -2.08. The van der Waals surface area contributed by atoms with Gasteiger partial charge in [-0.1, -0.05) is 6.07 Å². The summed E-state index contributed by atoms with van der Waals surface area (Å²) in [5.41, 5.74) is 0.534. The van der Waals surface area contributed by atoms with Crippen LogP contribution in [0.15, 0.2) is 30.5 Å². The van der Waals surface area contributed by atoms with E-state index in [0.717, 1.165) is 6.07 Å². The molecule has 2 rings (SSSR count). The van der Waals surface area contributed by atoms with Crippen molar-refractivity contribution < 1.29 is 19.0 Å². The topological polar surface area (TPSA) is 72.3 Å². The zero-order valence-electron chi connectivity index (χ0n) is 9.42. The fourth-order valence-corrected chi connectivity index (χ4v) is 1.34. The number of halogens is 1. The molecule has 0 atom stereocenters. The van der Waals surface area contributed by atoms with Crippen molar-refractivity contribution in [1.82, 2.24) is 10.2 Å². The highest BCUT2D eigenvalue weighted by atomic mass is 19.1. The molecule has 0 bridgehead atoms. The molecule has 1 heterocycles. The van der Waals surface area contributed by atoms with E-state index >= 15 is 0 Å². The van der Waals surface area contributed by atoms with Crippen LogP contribution in [0.3, 0.4) is 0 Å². The normalized spacial score (nSPS) is 10.1. The molecule has 0 saturated carbocycles. The fourth-order valence-electron chi connectivity index (χ4n) is 1.34. The number of carboxylic acid groups (broad SMARTS) is 1. The van der Waals surface area contributed by atoms with Crippen LogP contribution >= 0.6 is 0 Å². The van der Waals surface area contributed by atoms with Crippen molar-refractivity contribution in [3.05, 3.63) is 47.4 Å². The number of hydrogen-bond donors (Lipinski definition) is 1. The second-order valence-electron chi connectivity index (χ2n) is 3.57. The molecule has 0 spiro atoms. The molecule has 0 aliphatic rings. The number of aromatic nitrogens is 2. The molecule has 0 aliphatic heterocycles. The zero-order chi connectivity index (χ0) is 13.1. The van der Waals surface area contributed by atoms with Crippen molar-refractivity contribution in [2.45, 2.75) is 6.92 Å². The van der Waals surface area contributed by atoms with E-state index in [4.69, 9.17) is 9.84 Å². The molecule has 2 aromatic rings. The van der Waals surface area contributed by atoms with Gasteiger partial charge in [0.25, 0.3) is 5.88 Å². The standard InChI is InChI=1S/C12H9FN2O3/c1-7-2-3-8(13)6-10(7)18-11-9(12(16)17)4-5-14-15-11/h2-6H,1H3,(H,16,17). The Kier molecular flexibility index (Phi) is 3.18. The van der Waals surface area contributed by atoms with Crippen LogP contribution in [0.1, 0.15) is 15.9 Å². The summed E-state index contributed by atoms with van der Waals surface area (Å²) in [5.74, 6) is -1.62. The Morgan fingerprint density at radius 2 is 2.17 bits per heavy atom. The van der Waals surface area contributed by atoms with Gasteiger partial charge in [-0.15, -0.1) is 5.10 Å². The van der Waals surface area contributed by atoms with Crippen LogP contribution in [-0.4, -0.2) is 21.3 Å². The fraction of sp³-hybridized carbons (Fsp3) is 0.0833. The van der Waals surface area contributed by atoms with E-state index in [9.17, 15) is 9.18 Å². The molecular formula is C12H9FN2O3. The number of ether oxygens (including phenoxy) is 1. The summed E-state index contributed by atoms with van der Waals surface area (Å²) in [6.07, 6.45) is 1.24. The smallest absolute Gasteiger partial charge is 0.341 e. The Morgan fingerprint density at radius 3 is 2.89 bits per heavy atom. The lowest BCUT2D eigenvalue weighted by atomic mass is 10.2. The summed E-state index contributed by atoms with van der Waals surface area (Å²) >= 11 is 0. The van der Waals surface area contributed by atoms with E-state index in [0.29, 0.717) is 5.56 Å². The van der Waals surface area contributed by atoms with Gasteiger partial charge in [0.1, 0.15) is 17.1 Å². The van der Waals surface area contributed by atoms with Gasteiger partial charge in [0.15, 0.2) is 0 Å². The zero-order valence-corrected chi connectivity index (χ0v) is 9.42. The van der Waals surface area contributed by atoms with Gasteiger partial charge < -0.3 is 9.84 Å². The molecular weight excluding hydrogens is 239 g/mol. The van der Waals surface area contributed by atoms with Crippen molar-refractivity contribution in [2.75, 3.05) is 0 Å². The SMILES string of the molecule is Cc1ccc(F)cc1Oc1nnccc1C(=O)O. The van der Waals surface area contributed by atoms with Gasteiger partial charge in [-0.2, -0.15) is 5.10 Å². The molecule has 0 radical (unpaired) electrons. The molecule has 0 unspecified atom stereocenters. The van der Waals surface area contributed by atoms with Gasteiger partial charge in [-0.25, -0.2) is 9.18 Å². The number of aromatic carboxylic acids is 1. The van der Waals surface area contributed by atoms with Crippen LogP contribution in [0.5, 0.6) is 11.6 Å². The van der Waals surface area contributed by atoms with Gasteiger partial charge in [-0.05, 0) is 24.6 Å². The summed E-state index contributed by atoms with van der Waals surface area (Å²) in [7, 11) is 0. The van der Waals surface area contributed by atoms with Gasteiger partial charge in [-0.3, -0.25) is 0 Å². The molecule has 18 heavy (non-hydrogen) atoms. The average molecular weight is 248 g/mol. The number of carbonyl (C=O) groups is 1. The minimum Gasteiger partial charge on any atom is -0.477 e. The summed E-state index contributed by atoms with van der Waals surface area (Å²) in [6, 6.07) is 5.24. The highest BCUT2D eigenvalue weighted by Gasteiger charge is 2.14. The largest absolute Gasteiger partial charge is 0.477 e. The van der Waals surface area contributed by atoms with Crippen molar-refractivity contribution in [2.24, 2.45) is 0 Å². The molecule has 0 amide bonds. The summed E-state index contributed by atoms with van der Waals surface area (Å²) in [6.45, 7) is 1.71. The second kappa shape index (κ2) is 4.79. The number of rotatable bonds is 3. The van der Waals surface area contributed by atoms with Gasteiger partial charge in [0.2, 0.25) is 0 Å². The third-order valence-corrected chi connectivity index (χ3v) is 2.27. The first-order valence-corrected chi connectivity index (χ1v) is 5.07. The highest BCUT2D eigenvalue weighted by molar-refractivity contribution is 5.90. The van der Waals surface area contributed by atoms with Crippen LogP contribution < -0.4 is 4.74 Å². The maximum absolute atomic E-state index is 13.1. The first kappa shape index (κ1) is 12.0. The molecule has 0 saturated heterocycles. The van der Waals surface area contributed by atoms with Crippen molar-refractivity contribution in [3.8, 4) is 11.6 Å². The van der Waals surface area contributed by atoms with Crippen LogP contribution in [0, 0.1) is 12.7 Å². The Bertz CT molecular complexity index is 602. The third-order valence-electron chi connectivity index (χ3n) is 2.27. The van der Waals surface area contributed by atoms with E-state index < -0.39 is 11.8 Å². The van der Waals surface area contributed by atoms with Gasteiger partial charge in [0, 0.05) is 6.07 Å². The van der Waals surface area contributed by atoms with Crippen molar-refractivity contribution >= 4 is 5.97 Å². The maximum atomic E-state index is 13.1. The van der Waals surface area contributed by atoms with E-state index in [1.54, 1.807) is 6.92 Å². The Labute approximate surface area is 102 Å². The lowest BCUT2D eigenvalue weighted by Crippen LogP contribution is -2.03. The Hall–Kier alpha value is -2.50. The number of aryl methyl sites for hydroxylation is 1. The monoisotopic (exact) mass is 248 g/mol. The maximum Gasteiger partial charge on any atom is 0.341 e. The molecule has 0 fully saturated rings. The summed E-state index contributed by atoms with van der Waals surface area (Å²) in [5, 5.41) is 16.1. The molecule has 92 valence electrons. The van der Waals surface area contributed by atoms with Crippen LogP contribution in [0.2, 0.25) is 0 Å². The average Bonchev–Trinajstić information content (AvgIpc) is 2.34. The van der Waals surface area contributed by atoms with Crippen LogP contribution in [0.25, 0.3) is 0 Å². The number of carboxylic acids is 1. The quantitative estimate of drug-likeness (QED) is 0.902. The molecule has 6 heteroatoms. The Morgan fingerprint density at radius 1 is 1.39 bits per heavy atom. The lowest BCUT2D eigenvalue weighted by molar-refractivity contribution is 0.0693. The minimum atomic E-state index is -1.19. The van der Waals surface area contributed by atoms with E-state index in [-0.39, 0.29) is 17.2 Å². The molecule has 1 aromatic heterocycles. The minimum absolute atomic E-state index is 0.131. The van der Waals surface area contributed by atoms with Crippen LogP contribution in [-0.2, 0) is 0 Å². The third kappa shape index (κ3) is 2.42. The molecule has 0 aliphatic carbocycles. The van der Waals surface area contributed by atoms with E-state index in [1.807, 2.05) is 0 Å². The molecule has 5 nitrogen and oxygen atoms in total. The van der Waals surface area contributed by atoms with Crippen LogP contribution in [0.4, 0.5) is 4.39 Å². The molecule has 1 N–H and O–H groups in total. The highest BCUT2D eigenvalue weighted by Crippen LogP contribution is 2.26. The first-order valence-electron chi connectivity index (χ1n) is 5.07. The number of benzene rings is 1. The predicted molar refractivity (Wildman–Crippen MR) is 60.2 cm³/mol. The van der Waals surface area contributed by atoms with Gasteiger partial charge >= 0.3 is 5.97 Å². The van der Waals surface area contributed by atoms with Crippen molar-refractivity contribution in [1.29, 1.82) is 0 Å².